The lowest BCUT2D eigenvalue weighted by atomic mass is 10.3. The average Bonchev–Trinajstić information content (AvgIpc) is 2.82. The van der Waals surface area contributed by atoms with E-state index >= 15 is 0 Å². The molecule has 7 heteroatoms. The maximum atomic E-state index is 5.78. The second-order valence-corrected chi connectivity index (χ2v) is 3.91. The summed E-state index contributed by atoms with van der Waals surface area (Å²) in [6.07, 6.45) is 4.38. The monoisotopic (exact) mass is 252 g/mol. The Hall–Kier alpha value is -1.82. The number of halogens is 1. The van der Waals surface area contributed by atoms with Gasteiger partial charge in [0.1, 0.15) is 5.15 Å². The maximum absolute atomic E-state index is 5.78. The van der Waals surface area contributed by atoms with E-state index in [0.29, 0.717) is 16.7 Å². The molecule has 17 heavy (non-hydrogen) atoms. The van der Waals surface area contributed by atoms with Gasteiger partial charge in [-0.05, 0) is 18.6 Å². The Morgan fingerprint density at radius 1 is 1.41 bits per heavy atom. The number of hydrogen-bond acceptors (Lipinski definition) is 5. The largest absolute Gasteiger partial charge is 0.396 e. The van der Waals surface area contributed by atoms with Gasteiger partial charge in [-0.2, -0.15) is 0 Å². The van der Waals surface area contributed by atoms with E-state index in [-0.39, 0.29) is 0 Å². The number of pyridine rings is 1. The summed E-state index contributed by atoms with van der Waals surface area (Å²) >= 11 is 5.78. The lowest BCUT2D eigenvalue weighted by Gasteiger charge is -2.08. The number of nitrogens with one attached hydrogen (secondary N) is 1. The molecular weight excluding hydrogens is 240 g/mol. The molecule has 90 valence electrons. The summed E-state index contributed by atoms with van der Waals surface area (Å²) in [5.74, 6) is 0.621. The smallest absolute Gasteiger partial charge is 0.150 e. The predicted molar refractivity (Wildman–Crippen MR) is 66.8 cm³/mol. The number of anilines is 2. The van der Waals surface area contributed by atoms with Crippen LogP contribution in [-0.2, 0) is 6.54 Å². The third kappa shape index (κ3) is 3.32. The molecule has 0 fully saturated rings. The molecule has 0 amide bonds. The summed E-state index contributed by atoms with van der Waals surface area (Å²) < 4.78 is 1.77. The first kappa shape index (κ1) is 11.7. The quantitative estimate of drug-likeness (QED) is 0.621. The molecule has 2 rings (SSSR count). The van der Waals surface area contributed by atoms with Gasteiger partial charge < -0.3 is 11.1 Å². The van der Waals surface area contributed by atoms with Crippen LogP contribution in [0.4, 0.5) is 11.5 Å². The highest BCUT2D eigenvalue weighted by Crippen LogP contribution is 2.17. The van der Waals surface area contributed by atoms with Crippen LogP contribution in [0, 0.1) is 0 Å². The molecule has 0 aliphatic heterocycles. The molecule has 0 aromatic carbocycles. The fourth-order valence-electron chi connectivity index (χ4n) is 1.39. The van der Waals surface area contributed by atoms with Gasteiger partial charge in [-0.3, -0.25) is 4.68 Å². The highest BCUT2D eigenvalue weighted by molar-refractivity contribution is 6.29. The molecule has 0 saturated carbocycles. The van der Waals surface area contributed by atoms with Crippen LogP contribution in [0.2, 0.25) is 5.15 Å². The highest BCUT2D eigenvalue weighted by Gasteiger charge is 2.01. The zero-order valence-electron chi connectivity index (χ0n) is 9.17. The number of nitrogens with zero attached hydrogens (tertiary/aromatic N) is 4. The van der Waals surface area contributed by atoms with Crippen molar-refractivity contribution < 1.29 is 0 Å². The Bertz CT molecular complexity index is 470. The molecule has 2 aromatic heterocycles. The van der Waals surface area contributed by atoms with Gasteiger partial charge in [0, 0.05) is 19.3 Å². The van der Waals surface area contributed by atoms with E-state index in [4.69, 9.17) is 17.3 Å². The van der Waals surface area contributed by atoms with E-state index in [1.165, 1.54) is 0 Å². The molecule has 0 atom stereocenters. The van der Waals surface area contributed by atoms with Crippen LogP contribution >= 0.6 is 11.6 Å². The fraction of sp³-hybridized carbons (Fsp3) is 0.300. The van der Waals surface area contributed by atoms with E-state index in [9.17, 15) is 0 Å². The van der Waals surface area contributed by atoms with Crippen LogP contribution in [0.5, 0.6) is 0 Å². The van der Waals surface area contributed by atoms with Crippen molar-refractivity contribution in [2.24, 2.45) is 0 Å². The number of aromatic nitrogens is 4. The van der Waals surface area contributed by atoms with E-state index in [0.717, 1.165) is 19.5 Å². The first-order valence-electron chi connectivity index (χ1n) is 5.26. The zero-order valence-corrected chi connectivity index (χ0v) is 9.93. The van der Waals surface area contributed by atoms with Crippen molar-refractivity contribution in [1.29, 1.82) is 0 Å². The van der Waals surface area contributed by atoms with Crippen LogP contribution in [0.25, 0.3) is 0 Å². The molecule has 0 aliphatic carbocycles. The van der Waals surface area contributed by atoms with Gasteiger partial charge in [0.25, 0.3) is 0 Å². The molecule has 0 saturated heterocycles. The Balaban J connectivity index is 1.80. The predicted octanol–water partition coefficient (Wildman–Crippen LogP) is 1.41. The van der Waals surface area contributed by atoms with E-state index < -0.39 is 0 Å². The second-order valence-electron chi connectivity index (χ2n) is 3.52. The summed E-state index contributed by atoms with van der Waals surface area (Å²) in [5, 5.41) is 11.2. The number of aryl methyl sites for hydroxylation is 1. The van der Waals surface area contributed by atoms with Gasteiger partial charge in [0.15, 0.2) is 5.82 Å². The molecule has 0 aliphatic rings. The van der Waals surface area contributed by atoms with Gasteiger partial charge >= 0.3 is 0 Å². The maximum Gasteiger partial charge on any atom is 0.150 e. The summed E-state index contributed by atoms with van der Waals surface area (Å²) in [6, 6.07) is 3.40. The van der Waals surface area contributed by atoms with Crippen molar-refractivity contribution in [3.63, 3.8) is 0 Å². The minimum atomic E-state index is 0.429. The molecule has 6 nitrogen and oxygen atoms in total. The summed E-state index contributed by atoms with van der Waals surface area (Å²) in [6.45, 7) is 1.55. The van der Waals surface area contributed by atoms with Crippen molar-refractivity contribution in [2.75, 3.05) is 17.6 Å². The minimum absolute atomic E-state index is 0.429. The van der Waals surface area contributed by atoms with Crippen molar-refractivity contribution in [1.82, 2.24) is 20.0 Å². The van der Waals surface area contributed by atoms with Crippen LogP contribution in [-0.4, -0.2) is 26.5 Å². The Morgan fingerprint density at radius 3 is 3.06 bits per heavy atom. The SMILES string of the molecule is Nc1ccc(Cl)nc1NCCCn1ccnn1. The Labute approximate surface area is 104 Å². The van der Waals surface area contributed by atoms with Gasteiger partial charge in [-0.25, -0.2) is 4.98 Å². The molecule has 0 spiro atoms. The molecule has 2 heterocycles. The van der Waals surface area contributed by atoms with Crippen molar-refractivity contribution in [3.8, 4) is 0 Å². The van der Waals surface area contributed by atoms with Crippen molar-refractivity contribution in [3.05, 3.63) is 29.7 Å². The lowest BCUT2D eigenvalue weighted by Crippen LogP contribution is -2.09. The summed E-state index contributed by atoms with van der Waals surface area (Å²) in [7, 11) is 0. The first-order valence-corrected chi connectivity index (χ1v) is 5.63. The standard InChI is InChI=1S/C10H13ClN6/c11-9-3-2-8(12)10(15-9)13-4-1-6-17-7-5-14-16-17/h2-3,5,7H,1,4,6,12H2,(H,13,15). The number of hydrogen-bond donors (Lipinski definition) is 2. The molecule has 0 unspecified atom stereocenters. The van der Waals surface area contributed by atoms with Crippen molar-refractivity contribution >= 4 is 23.1 Å². The van der Waals surface area contributed by atoms with Crippen LogP contribution in [0.3, 0.4) is 0 Å². The minimum Gasteiger partial charge on any atom is -0.396 e. The number of rotatable bonds is 5. The normalized spacial score (nSPS) is 10.4. The van der Waals surface area contributed by atoms with Crippen LogP contribution in [0.1, 0.15) is 6.42 Å². The van der Waals surface area contributed by atoms with Gasteiger partial charge in [-0.1, -0.05) is 16.8 Å². The van der Waals surface area contributed by atoms with Crippen LogP contribution < -0.4 is 11.1 Å². The molecular formula is C10H13ClN6. The first-order chi connectivity index (χ1) is 8.25. The van der Waals surface area contributed by atoms with Crippen LogP contribution in [0.15, 0.2) is 24.5 Å². The summed E-state index contributed by atoms with van der Waals surface area (Å²) in [4.78, 5) is 4.10. The molecule has 3 N–H and O–H groups in total. The van der Waals surface area contributed by atoms with Gasteiger partial charge in [0.2, 0.25) is 0 Å². The van der Waals surface area contributed by atoms with Gasteiger partial charge in [0.05, 0.1) is 11.9 Å². The lowest BCUT2D eigenvalue weighted by molar-refractivity contribution is 0.569. The molecule has 0 bridgehead atoms. The third-order valence-corrected chi connectivity index (χ3v) is 2.43. The Kier molecular flexibility index (Phi) is 3.77. The molecule has 0 radical (unpaired) electrons. The Morgan fingerprint density at radius 2 is 2.29 bits per heavy atom. The number of nitrogens with two attached hydrogens (primary N) is 1. The van der Waals surface area contributed by atoms with E-state index in [2.05, 4.69) is 20.6 Å². The third-order valence-electron chi connectivity index (χ3n) is 2.22. The highest BCUT2D eigenvalue weighted by atomic mass is 35.5. The fourth-order valence-corrected chi connectivity index (χ4v) is 1.54. The number of nitrogen functional groups attached to an aromatic ring is 1. The average molecular weight is 253 g/mol. The topological polar surface area (TPSA) is 81.6 Å². The summed E-state index contributed by atoms with van der Waals surface area (Å²) in [5.41, 5.74) is 6.35. The van der Waals surface area contributed by atoms with E-state index in [1.54, 1.807) is 23.0 Å². The zero-order chi connectivity index (χ0) is 12.1. The second kappa shape index (κ2) is 5.49. The van der Waals surface area contributed by atoms with Gasteiger partial charge in [-0.15, -0.1) is 5.10 Å². The van der Waals surface area contributed by atoms with E-state index in [1.807, 2.05) is 6.20 Å². The molecule has 2 aromatic rings. The van der Waals surface area contributed by atoms with Crippen molar-refractivity contribution in [2.45, 2.75) is 13.0 Å².